The molecule has 0 saturated carbocycles. The molecule has 0 bridgehead atoms. The van der Waals surface area contributed by atoms with E-state index >= 15 is 0 Å². The zero-order valence-electron chi connectivity index (χ0n) is 20.3. The van der Waals surface area contributed by atoms with Crippen molar-refractivity contribution in [2.45, 2.75) is 110 Å². The van der Waals surface area contributed by atoms with Crippen molar-refractivity contribution in [2.24, 2.45) is 0 Å². The number of alkyl halides is 3. The molecule has 1 aromatic heterocycles. The van der Waals surface area contributed by atoms with Gasteiger partial charge in [-0.3, -0.25) is 0 Å². The van der Waals surface area contributed by atoms with Gasteiger partial charge in [-0.2, -0.15) is 18.2 Å². The number of piperidine rings is 1. The Morgan fingerprint density at radius 2 is 1.75 bits per heavy atom. The van der Waals surface area contributed by atoms with E-state index < -0.39 is 36.1 Å². The highest BCUT2D eigenvalue weighted by Crippen LogP contribution is 2.38. The fraction of sp³-hybridized carbons (Fsp3) is 0.783. The van der Waals surface area contributed by atoms with Crippen LogP contribution >= 0.6 is 0 Å². The van der Waals surface area contributed by atoms with Gasteiger partial charge in [-0.1, -0.05) is 13.3 Å². The minimum atomic E-state index is -4.33. The number of pyridine rings is 1. The van der Waals surface area contributed by atoms with Crippen molar-refractivity contribution in [3.8, 4) is 5.88 Å². The van der Waals surface area contributed by atoms with Crippen LogP contribution in [0.3, 0.4) is 0 Å². The molecule has 5 nitrogen and oxygen atoms in total. The Morgan fingerprint density at radius 1 is 1.12 bits per heavy atom. The Morgan fingerprint density at radius 3 is 2.31 bits per heavy atom. The van der Waals surface area contributed by atoms with Crippen LogP contribution in [0.1, 0.15) is 80.6 Å². The molecule has 0 radical (unpaired) electrons. The number of hydrogen-bond acceptors (Lipinski definition) is 5. The first-order valence-electron chi connectivity index (χ1n) is 11.6. The summed E-state index contributed by atoms with van der Waals surface area (Å²) in [7, 11) is -0.715. The Kier molecular flexibility index (Phi) is 6.84. The highest BCUT2D eigenvalue weighted by Gasteiger charge is 2.52. The lowest BCUT2D eigenvalue weighted by Gasteiger charge is -2.38. The lowest BCUT2D eigenvalue weighted by Crippen LogP contribution is -2.49. The summed E-state index contributed by atoms with van der Waals surface area (Å²) in [5.41, 5.74) is -1.02. The van der Waals surface area contributed by atoms with E-state index in [-0.39, 0.29) is 18.1 Å². The smallest absolute Gasteiger partial charge is 0.472 e. The second-order valence-corrected chi connectivity index (χ2v) is 10.5. The molecule has 0 spiro atoms. The zero-order chi connectivity index (χ0) is 23.9. The Balaban J connectivity index is 2.03. The van der Waals surface area contributed by atoms with Gasteiger partial charge in [-0.15, -0.1) is 0 Å². The van der Waals surface area contributed by atoms with Crippen LogP contribution < -0.4 is 15.1 Å². The van der Waals surface area contributed by atoms with Crippen molar-refractivity contribution in [2.75, 3.05) is 11.4 Å². The summed E-state index contributed by atoms with van der Waals surface area (Å²) in [6.07, 6.45) is -1.33. The van der Waals surface area contributed by atoms with Crippen LogP contribution in [0, 0.1) is 0 Å². The number of nitrogens with zero attached hydrogens (tertiary/aromatic N) is 2. The molecule has 1 aromatic rings. The van der Waals surface area contributed by atoms with Gasteiger partial charge in [-0.25, -0.2) is 0 Å². The largest absolute Gasteiger partial charge is 0.495 e. The summed E-state index contributed by atoms with van der Waals surface area (Å²) in [6.45, 7) is 14.1. The van der Waals surface area contributed by atoms with Crippen molar-refractivity contribution >= 4 is 18.4 Å². The molecule has 0 N–H and O–H groups in total. The van der Waals surface area contributed by atoms with Gasteiger partial charge in [0.05, 0.1) is 11.2 Å². The average Bonchev–Trinajstić information content (AvgIpc) is 2.88. The number of ether oxygens (including phenoxy) is 1. The molecule has 2 aliphatic rings. The van der Waals surface area contributed by atoms with Crippen LogP contribution in [0.15, 0.2) is 12.1 Å². The molecule has 2 aliphatic heterocycles. The predicted molar refractivity (Wildman–Crippen MR) is 121 cm³/mol. The average molecular weight is 456 g/mol. The van der Waals surface area contributed by atoms with E-state index in [9.17, 15) is 13.2 Å². The molecule has 9 heteroatoms. The Labute approximate surface area is 190 Å². The number of aromatic nitrogens is 1. The molecule has 32 heavy (non-hydrogen) atoms. The molecular formula is C23H36BF3N2O3. The lowest BCUT2D eigenvalue weighted by atomic mass is 9.79. The van der Waals surface area contributed by atoms with E-state index in [1.165, 1.54) is 4.90 Å². The van der Waals surface area contributed by atoms with Crippen LogP contribution in [0.2, 0.25) is 0 Å². The van der Waals surface area contributed by atoms with Crippen molar-refractivity contribution in [1.29, 1.82) is 0 Å². The third-order valence-corrected chi connectivity index (χ3v) is 6.74. The fourth-order valence-electron chi connectivity index (χ4n) is 4.31. The third-order valence-electron chi connectivity index (χ3n) is 6.74. The molecule has 1 atom stereocenters. The molecule has 3 heterocycles. The van der Waals surface area contributed by atoms with Gasteiger partial charge < -0.3 is 18.9 Å². The van der Waals surface area contributed by atoms with E-state index in [1.807, 2.05) is 41.5 Å². The van der Waals surface area contributed by atoms with Crippen LogP contribution in [-0.2, 0) is 9.31 Å². The number of halogens is 3. The van der Waals surface area contributed by atoms with Crippen LogP contribution in [0.5, 0.6) is 5.88 Å². The van der Waals surface area contributed by atoms with Crippen LogP contribution in [0.4, 0.5) is 19.0 Å². The summed E-state index contributed by atoms with van der Waals surface area (Å²) in [5, 5.41) is 0. The SMILES string of the molecule is CCCC(C)(C)Oc1cc(B2OC(C)(C)C(C)(C)O2)cc(N2CCCCC2C(F)(F)F)n1. The first kappa shape index (κ1) is 25.2. The normalized spacial score (nSPS) is 23.5. The van der Waals surface area contributed by atoms with Gasteiger partial charge in [0.2, 0.25) is 5.88 Å². The van der Waals surface area contributed by atoms with Crippen molar-refractivity contribution in [1.82, 2.24) is 4.98 Å². The zero-order valence-corrected chi connectivity index (χ0v) is 20.3. The third kappa shape index (κ3) is 5.36. The van der Waals surface area contributed by atoms with Crippen molar-refractivity contribution < 1.29 is 27.2 Å². The highest BCUT2D eigenvalue weighted by molar-refractivity contribution is 6.62. The molecule has 1 unspecified atom stereocenters. The van der Waals surface area contributed by atoms with Gasteiger partial charge >= 0.3 is 13.3 Å². The molecule has 180 valence electrons. The van der Waals surface area contributed by atoms with E-state index in [0.29, 0.717) is 24.8 Å². The first-order valence-corrected chi connectivity index (χ1v) is 11.6. The molecule has 0 aromatic carbocycles. The van der Waals surface area contributed by atoms with Crippen LogP contribution in [0.25, 0.3) is 0 Å². The van der Waals surface area contributed by atoms with Crippen molar-refractivity contribution in [3.63, 3.8) is 0 Å². The minimum absolute atomic E-state index is 0.0589. The molecule has 2 saturated heterocycles. The molecule has 3 rings (SSSR count). The maximum absolute atomic E-state index is 13.8. The number of anilines is 1. The van der Waals surface area contributed by atoms with E-state index in [2.05, 4.69) is 11.9 Å². The second-order valence-electron chi connectivity index (χ2n) is 10.5. The standard InChI is InChI=1S/C23H36BF3N2O3/c1-8-12-20(2,3)30-19-15-16(24-31-21(4,5)22(6,7)32-24)14-18(28-19)29-13-10-9-11-17(29)23(25,26)27/h14-15,17H,8-13H2,1-7H3. The highest BCUT2D eigenvalue weighted by atomic mass is 19.4. The van der Waals surface area contributed by atoms with Crippen LogP contribution in [-0.4, -0.2) is 47.7 Å². The molecule has 0 amide bonds. The van der Waals surface area contributed by atoms with Crippen molar-refractivity contribution in [3.05, 3.63) is 12.1 Å². The van der Waals surface area contributed by atoms with E-state index in [4.69, 9.17) is 14.0 Å². The maximum Gasteiger partial charge on any atom is 0.495 e. The summed E-state index contributed by atoms with van der Waals surface area (Å²) in [4.78, 5) is 5.88. The fourth-order valence-corrected chi connectivity index (χ4v) is 4.31. The van der Waals surface area contributed by atoms with E-state index in [0.717, 1.165) is 12.8 Å². The Hall–Kier alpha value is -1.48. The number of rotatable bonds is 6. The van der Waals surface area contributed by atoms with Gasteiger partial charge in [0.25, 0.3) is 0 Å². The van der Waals surface area contributed by atoms with E-state index in [1.54, 1.807) is 12.1 Å². The topological polar surface area (TPSA) is 43.8 Å². The van der Waals surface area contributed by atoms with Gasteiger partial charge in [-0.05, 0) is 78.8 Å². The minimum Gasteiger partial charge on any atom is -0.472 e. The lowest BCUT2D eigenvalue weighted by molar-refractivity contribution is -0.152. The second kappa shape index (κ2) is 8.71. The van der Waals surface area contributed by atoms with Gasteiger partial charge in [0, 0.05) is 12.6 Å². The predicted octanol–water partition coefficient (Wildman–Crippen LogP) is 5.26. The monoisotopic (exact) mass is 456 g/mol. The van der Waals surface area contributed by atoms with Gasteiger partial charge in [0.1, 0.15) is 17.5 Å². The Bertz CT molecular complexity index is 798. The number of hydrogen-bond donors (Lipinski definition) is 0. The summed E-state index contributed by atoms with van der Waals surface area (Å²) in [5.74, 6) is 0.540. The summed E-state index contributed by atoms with van der Waals surface area (Å²) in [6, 6.07) is 1.83. The maximum atomic E-state index is 13.8. The van der Waals surface area contributed by atoms with Gasteiger partial charge in [0.15, 0.2) is 0 Å². The quantitative estimate of drug-likeness (QED) is 0.547. The molecule has 0 aliphatic carbocycles. The first-order chi connectivity index (χ1) is 14.7. The summed E-state index contributed by atoms with van der Waals surface area (Å²) < 4.78 is 59.9. The summed E-state index contributed by atoms with van der Waals surface area (Å²) >= 11 is 0. The molecule has 2 fully saturated rings. The molecular weight excluding hydrogens is 420 g/mol.